The smallest absolute Gasteiger partial charge is 0.316 e. The van der Waals surface area contributed by atoms with Gasteiger partial charge in [-0.1, -0.05) is 23.7 Å². The zero-order chi connectivity index (χ0) is 17.6. The highest BCUT2D eigenvalue weighted by Gasteiger charge is 2.27. The number of hydrogen-bond acceptors (Lipinski definition) is 5. The second-order valence-electron chi connectivity index (χ2n) is 5.75. The van der Waals surface area contributed by atoms with E-state index in [-0.39, 0.29) is 18.0 Å². The highest BCUT2D eigenvalue weighted by atomic mass is 35.5. The van der Waals surface area contributed by atoms with Crippen LogP contribution in [0, 0.1) is 0 Å². The lowest BCUT2D eigenvalue weighted by Crippen LogP contribution is -2.44. The van der Waals surface area contributed by atoms with Crippen molar-refractivity contribution in [2.24, 2.45) is 0 Å². The molecule has 0 radical (unpaired) electrons. The predicted molar refractivity (Wildman–Crippen MR) is 94.2 cm³/mol. The highest BCUT2D eigenvalue weighted by molar-refractivity contribution is 6.30. The van der Waals surface area contributed by atoms with Gasteiger partial charge in [0.05, 0.1) is 36.1 Å². The summed E-state index contributed by atoms with van der Waals surface area (Å²) in [4.78, 5) is 22.8. The van der Waals surface area contributed by atoms with Gasteiger partial charge < -0.3 is 14.4 Å². The molecule has 2 aromatic rings. The van der Waals surface area contributed by atoms with Crippen LogP contribution < -0.4 is 9.47 Å². The van der Waals surface area contributed by atoms with E-state index in [9.17, 15) is 4.79 Å². The fourth-order valence-electron chi connectivity index (χ4n) is 2.82. The predicted octanol–water partition coefficient (Wildman–Crippen LogP) is 3.21. The number of piperidine rings is 1. The van der Waals surface area contributed by atoms with Crippen LogP contribution >= 0.6 is 11.6 Å². The summed E-state index contributed by atoms with van der Waals surface area (Å²) in [5.41, 5.74) is 0.577. The molecule has 1 amide bonds. The molecule has 0 bridgehead atoms. The number of aromatic nitrogens is 2. The lowest BCUT2D eigenvalue weighted by molar-refractivity contribution is 0.0512. The maximum Gasteiger partial charge on any atom is 0.316 e. The molecule has 1 fully saturated rings. The van der Waals surface area contributed by atoms with Gasteiger partial charge in [0, 0.05) is 6.54 Å². The number of likely N-dealkylation sites (tertiary alicyclic amines) is 1. The first-order valence-corrected chi connectivity index (χ1v) is 8.70. The standard InChI is InChI=1S/C18H20ClN3O3/c1-2-24-16-8-4-3-7-15(16)17(23)22-9-5-6-14(12-22)25-18-20-10-13(19)11-21-18/h3-4,7-8,10-11,14H,2,5-6,9,12H2,1H3. The Balaban J connectivity index is 1.68. The van der Waals surface area contributed by atoms with Crippen molar-refractivity contribution in [2.75, 3.05) is 19.7 Å². The van der Waals surface area contributed by atoms with Crippen LogP contribution in [-0.4, -0.2) is 46.6 Å². The van der Waals surface area contributed by atoms with Gasteiger partial charge in [0.1, 0.15) is 11.9 Å². The monoisotopic (exact) mass is 361 g/mol. The van der Waals surface area contributed by atoms with E-state index in [2.05, 4.69) is 9.97 Å². The van der Waals surface area contributed by atoms with Crippen LogP contribution in [0.2, 0.25) is 5.02 Å². The molecule has 0 spiro atoms. The molecular formula is C18H20ClN3O3. The van der Waals surface area contributed by atoms with Gasteiger partial charge in [0.2, 0.25) is 0 Å². The van der Waals surface area contributed by atoms with Crippen LogP contribution in [0.3, 0.4) is 0 Å². The van der Waals surface area contributed by atoms with Gasteiger partial charge in [0.25, 0.3) is 5.91 Å². The minimum absolute atomic E-state index is 0.0469. The van der Waals surface area contributed by atoms with Crippen molar-refractivity contribution in [1.82, 2.24) is 14.9 Å². The molecule has 2 heterocycles. The number of carbonyl (C=O) groups excluding carboxylic acids is 1. The van der Waals surface area contributed by atoms with Gasteiger partial charge in [-0.05, 0) is 31.9 Å². The molecular weight excluding hydrogens is 342 g/mol. The molecule has 6 nitrogen and oxygen atoms in total. The van der Waals surface area contributed by atoms with Crippen molar-refractivity contribution in [3.05, 3.63) is 47.2 Å². The Labute approximate surface area is 151 Å². The number of halogens is 1. The second-order valence-corrected chi connectivity index (χ2v) is 6.18. The van der Waals surface area contributed by atoms with Crippen molar-refractivity contribution in [2.45, 2.75) is 25.9 Å². The van der Waals surface area contributed by atoms with E-state index in [1.165, 1.54) is 12.4 Å². The van der Waals surface area contributed by atoms with Crippen LogP contribution in [0.15, 0.2) is 36.7 Å². The van der Waals surface area contributed by atoms with E-state index in [4.69, 9.17) is 21.1 Å². The Kier molecular flexibility index (Phi) is 5.71. The third-order valence-electron chi connectivity index (χ3n) is 3.95. The first-order chi connectivity index (χ1) is 12.2. The molecule has 1 atom stereocenters. The molecule has 25 heavy (non-hydrogen) atoms. The number of amides is 1. The van der Waals surface area contributed by atoms with Crippen molar-refractivity contribution >= 4 is 17.5 Å². The SMILES string of the molecule is CCOc1ccccc1C(=O)N1CCCC(Oc2ncc(Cl)cn2)C1. The van der Waals surface area contributed by atoms with E-state index < -0.39 is 0 Å². The van der Waals surface area contributed by atoms with Crippen molar-refractivity contribution in [3.8, 4) is 11.8 Å². The molecule has 1 unspecified atom stereocenters. The molecule has 1 aromatic carbocycles. The van der Waals surface area contributed by atoms with E-state index in [0.29, 0.717) is 36.0 Å². The Morgan fingerprint density at radius 1 is 1.32 bits per heavy atom. The van der Waals surface area contributed by atoms with Gasteiger partial charge in [-0.2, -0.15) is 0 Å². The van der Waals surface area contributed by atoms with Crippen molar-refractivity contribution in [3.63, 3.8) is 0 Å². The molecule has 1 aromatic heterocycles. The Morgan fingerprint density at radius 2 is 2.08 bits per heavy atom. The number of para-hydroxylation sites is 1. The zero-order valence-electron chi connectivity index (χ0n) is 14.0. The quantitative estimate of drug-likeness (QED) is 0.818. The van der Waals surface area contributed by atoms with Crippen LogP contribution in [0.4, 0.5) is 0 Å². The highest BCUT2D eigenvalue weighted by Crippen LogP contribution is 2.23. The van der Waals surface area contributed by atoms with E-state index in [1.54, 1.807) is 11.0 Å². The summed E-state index contributed by atoms with van der Waals surface area (Å²) in [6, 6.07) is 7.59. The number of benzene rings is 1. The summed E-state index contributed by atoms with van der Waals surface area (Å²) < 4.78 is 11.4. The van der Waals surface area contributed by atoms with Crippen LogP contribution in [-0.2, 0) is 0 Å². The van der Waals surface area contributed by atoms with Crippen molar-refractivity contribution in [1.29, 1.82) is 0 Å². The normalized spacial score (nSPS) is 17.2. The van der Waals surface area contributed by atoms with E-state index in [0.717, 1.165) is 12.8 Å². The van der Waals surface area contributed by atoms with Crippen LogP contribution in [0.1, 0.15) is 30.1 Å². The first-order valence-electron chi connectivity index (χ1n) is 8.32. The van der Waals surface area contributed by atoms with E-state index >= 15 is 0 Å². The summed E-state index contributed by atoms with van der Waals surface area (Å²) in [5, 5.41) is 0.459. The summed E-state index contributed by atoms with van der Waals surface area (Å²) >= 11 is 5.78. The fourth-order valence-corrected chi connectivity index (χ4v) is 2.92. The van der Waals surface area contributed by atoms with Gasteiger partial charge in [0.15, 0.2) is 0 Å². The number of rotatable bonds is 5. The number of hydrogen-bond donors (Lipinski definition) is 0. The summed E-state index contributed by atoms with van der Waals surface area (Å²) in [6.07, 6.45) is 4.56. The lowest BCUT2D eigenvalue weighted by Gasteiger charge is -2.32. The zero-order valence-corrected chi connectivity index (χ0v) is 14.8. The molecule has 1 saturated heterocycles. The molecule has 0 N–H and O–H groups in total. The number of ether oxygens (including phenoxy) is 2. The molecule has 0 aliphatic carbocycles. The maximum absolute atomic E-state index is 12.9. The summed E-state index contributed by atoms with van der Waals surface area (Å²) in [6.45, 7) is 3.61. The molecule has 3 rings (SSSR count). The average molecular weight is 362 g/mol. The Bertz CT molecular complexity index is 724. The molecule has 1 aliphatic heterocycles. The number of carbonyl (C=O) groups is 1. The van der Waals surface area contributed by atoms with Gasteiger partial charge in [-0.15, -0.1) is 0 Å². The second kappa shape index (κ2) is 8.16. The molecule has 132 valence electrons. The van der Waals surface area contributed by atoms with Crippen LogP contribution in [0.25, 0.3) is 0 Å². The summed E-state index contributed by atoms with van der Waals surface area (Å²) in [5.74, 6) is 0.563. The minimum Gasteiger partial charge on any atom is -0.493 e. The average Bonchev–Trinajstić information content (AvgIpc) is 2.64. The Hall–Kier alpha value is -2.34. The number of nitrogens with zero attached hydrogens (tertiary/aromatic N) is 3. The maximum atomic E-state index is 12.9. The molecule has 0 saturated carbocycles. The van der Waals surface area contributed by atoms with E-state index in [1.807, 2.05) is 25.1 Å². The third-order valence-corrected chi connectivity index (χ3v) is 4.15. The minimum atomic E-state index is -0.141. The summed E-state index contributed by atoms with van der Waals surface area (Å²) in [7, 11) is 0. The molecule has 7 heteroatoms. The van der Waals surface area contributed by atoms with Gasteiger partial charge >= 0.3 is 6.01 Å². The third kappa shape index (κ3) is 4.39. The van der Waals surface area contributed by atoms with Crippen molar-refractivity contribution < 1.29 is 14.3 Å². The van der Waals surface area contributed by atoms with Gasteiger partial charge in [-0.3, -0.25) is 4.79 Å². The van der Waals surface area contributed by atoms with Gasteiger partial charge in [-0.25, -0.2) is 9.97 Å². The largest absolute Gasteiger partial charge is 0.493 e. The lowest BCUT2D eigenvalue weighted by atomic mass is 10.1. The topological polar surface area (TPSA) is 64.5 Å². The fraction of sp³-hybridized carbons (Fsp3) is 0.389. The first kappa shape index (κ1) is 17.5. The molecule has 1 aliphatic rings. The Morgan fingerprint density at radius 3 is 2.84 bits per heavy atom. The van der Waals surface area contributed by atoms with Crippen LogP contribution in [0.5, 0.6) is 11.8 Å².